The third kappa shape index (κ3) is 5.64. The molecule has 166 valence electrons. The van der Waals surface area contributed by atoms with Gasteiger partial charge in [-0.2, -0.15) is 0 Å². The van der Waals surface area contributed by atoms with Crippen molar-refractivity contribution in [3.05, 3.63) is 101 Å². The summed E-state index contributed by atoms with van der Waals surface area (Å²) in [5.41, 5.74) is 6.61. The van der Waals surface area contributed by atoms with Crippen LogP contribution >= 0.6 is 0 Å². The quantitative estimate of drug-likeness (QED) is 0.508. The van der Waals surface area contributed by atoms with Crippen LogP contribution in [-0.4, -0.2) is 23.9 Å². The van der Waals surface area contributed by atoms with Gasteiger partial charge in [0.15, 0.2) is 0 Å². The fourth-order valence-electron chi connectivity index (χ4n) is 4.36. The summed E-state index contributed by atoms with van der Waals surface area (Å²) in [5, 5.41) is 6.69. The van der Waals surface area contributed by atoms with Crippen molar-refractivity contribution in [1.29, 1.82) is 0 Å². The highest BCUT2D eigenvalue weighted by Crippen LogP contribution is 2.22. The number of carbonyl (C=O) groups is 1. The molecule has 0 bridgehead atoms. The molecule has 1 atom stereocenters. The lowest BCUT2D eigenvalue weighted by molar-refractivity contribution is -0.118. The van der Waals surface area contributed by atoms with Gasteiger partial charge >= 0.3 is 0 Å². The Hall–Kier alpha value is -2.95. The first kappa shape index (κ1) is 22.3. The average Bonchev–Trinajstić information content (AvgIpc) is 3.31. The molecule has 1 aliphatic heterocycles. The van der Waals surface area contributed by atoms with Gasteiger partial charge in [0.1, 0.15) is 6.04 Å². The van der Waals surface area contributed by atoms with E-state index in [-0.39, 0.29) is 5.91 Å². The Bertz CT molecular complexity index is 1040. The SMILES string of the molecule is Cc1ccc(C)c(NC(=O)C(NCc2ccccc2CN2CCCC2)c2ccccc2)c1. The fraction of sp³-hybridized carbons (Fsp3) is 0.321. The topological polar surface area (TPSA) is 44.4 Å². The lowest BCUT2D eigenvalue weighted by atomic mass is 10.0. The van der Waals surface area contributed by atoms with Gasteiger partial charge < -0.3 is 5.32 Å². The first-order valence-electron chi connectivity index (χ1n) is 11.6. The van der Waals surface area contributed by atoms with Gasteiger partial charge in [-0.25, -0.2) is 0 Å². The molecule has 0 aliphatic carbocycles. The molecule has 1 saturated heterocycles. The van der Waals surface area contributed by atoms with Crippen LogP contribution in [0.3, 0.4) is 0 Å². The molecule has 32 heavy (non-hydrogen) atoms. The van der Waals surface area contributed by atoms with Gasteiger partial charge in [0, 0.05) is 18.8 Å². The number of nitrogens with zero attached hydrogens (tertiary/aromatic N) is 1. The molecule has 1 unspecified atom stereocenters. The molecule has 3 aromatic rings. The number of anilines is 1. The maximum atomic E-state index is 13.4. The zero-order chi connectivity index (χ0) is 22.3. The minimum absolute atomic E-state index is 0.0399. The van der Waals surface area contributed by atoms with Crippen molar-refractivity contribution >= 4 is 11.6 Å². The molecule has 1 fully saturated rings. The number of hydrogen-bond donors (Lipinski definition) is 2. The lowest BCUT2D eigenvalue weighted by Crippen LogP contribution is -2.33. The summed E-state index contributed by atoms with van der Waals surface area (Å²) in [6.07, 6.45) is 2.57. The number of amides is 1. The predicted octanol–water partition coefficient (Wildman–Crippen LogP) is 5.37. The Labute approximate surface area is 191 Å². The van der Waals surface area contributed by atoms with E-state index in [1.807, 2.05) is 56.3 Å². The summed E-state index contributed by atoms with van der Waals surface area (Å²) in [6, 6.07) is 24.2. The van der Waals surface area contributed by atoms with Crippen molar-refractivity contribution in [3.8, 4) is 0 Å². The van der Waals surface area contributed by atoms with Crippen LogP contribution in [0.5, 0.6) is 0 Å². The van der Waals surface area contributed by atoms with E-state index in [2.05, 4.69) is 45.9 Å². The summed E-state index contributed by atoms with van der Waals surface area (Å²) in [7, 11) is 0. The van der Waals surface area contributed by atoms with E-state index < -0.39 is 6.04 Å². The molecule has 2 N–H and O–H groups in total. The largest absolute Gasteiger partial charge is 0.324 e. The Morgan fingerprint density at radius 1 is 0.906 bits per heavy atom. The van der Waals surface area contributed by atoms with E-state index in [0.717, 1.165) is 28.9 Å². The summed E-state index contributed by atoms with van der Waals surface area (Å²) in [6.45, 7) is 8.03. The van der Waals surface area contributed by atoms with Crippen molar-refractivity contribution in [3.63, 3.8) is 0 Å². The molecular weight excluding hydrogens is 394 g/mol. The number of likely N-dealkylation sites (tertiary alicyclic amines) is 1. The Morgan fingerprint density at radius 2 is 1.59 bits per heavy atom. The zero-order valence-electron chi connectivity index (χ0n) is 19.1. The third-order valence-corrected chi connectivity index (χ3v) is 6.25. The van der Waals surface area contributed by atoms with E-state index in [0.29, 0.717) is 6.54 Å². The van der Waals surface area contributed by atoms with E-state index in [1.165, 1.54) is 37.1 Å². The number of benzene rings is 3. The van der Waals surface area contributed by atoms with Gasteiger partial charge in [-0.3, -0.25) is 15.0 Å². The monoisotopic (exact) mass is 427 g/mol. The van der Waals surface area contributed by atoms with Crippen molar-refractivity contribution in [1.82, 2.24) is 10.2 Å². The Kier molecular flexibility index (Phi) is 7.35. The molecule has 0 aromatic heterocycles. The Balaban J connectivity index is 1.52. The third-order valence-electron chi connectivity index (χ3n) is 6.25. The maximum Gasteiger partial charge on any atom is 0.246 e. The van der Waals surface area contributed by atoms with Crippen LogP contribution in [-0.2, 0) is 17.9 Å². The van der Waals surface area contributed by atoms with Crippen LogP contribution in [0.25, 0.3) is 0 Å². The minimum atomic E-state index is -0.434. The normalized spacial score (nSPS) is 14.9. The molecule has 4 rings (SSSR count). The van der Waals surface area contributed by atoms with Crippen molar-refractivity contribution in [2.45, 2.75) is 45.8 Å². The van der Waals surface area contributed by atoms with Gasteiger partial charge in [-0.05, 0) is 73.7 Å². The van der Waals surface area contributed by atoms with Crippen molar-refractivity contribution < 1.29 is 4.79 Å². The minimum Gasteiger partial charge on any atom is -0.324 e. The second-order valence-electron chi connectivity index (χ2n) is 8.78. The standard InChI is InChI=1S/C28H33N3O/c1-21-14-15-22(2)26(18-21)30-28(32)27(23-10-4-3-5-11-23)29-19-24-12-6-7-13-25(24)20-31-16-8-9-17-31/h3-7,10-15,18,27,29H,8-9,16-17,19-20H2,1-2H3,(H,30,32). The second-order valence-corrected chi connectivity index (χ2v) is 8.78. The summed E-state index contributed by atoms with van der Waals surface area (Å²) in [5.74, 6) is -0.0399. The highest BCUT2D eigenvalue weighted by Gasteiger charge is 2.21. The van der Waals surface area contributed by atoms with Gasteiger partial charge in [0.05, 0.1) is 0 Å². The molecular formula is C28H33N3O. The van der Waals surface area contributed by atoms with Gasteiger partial charge in [-0.1, -0.05) is 66.7 Å². The molecule has 1 amide bonds. The fourth-order valence-corrected chi connectivity index (χ4v) is 4.36. The highest BCUT2D eigenvalue weighted by molar-refractivity contribution is 5.96. The van der Waals surface area contributed by atoms with E-state index in [4.69, 9.17) is 0 Å². The van der Waals surface area contributed by atoms with Crippen LogP contribution in [0.1, 0.15) is 46.7 Å². The highest BCUT2D eigenvalue weighted by atomic mass is 16.2. The van der Waals surface area contributed by atoms with Gasteiger partial charge in [0.25, 0.3) is 0 Å². The van der Waals surface area contributed by atoms with E-state index >= 15 is 0 Å². The van der Waals surface area contributed by atoms with Crippen LogP contribution in [0, 0.1) is 13.8 Å². The summed E-state index contributed by atoms with van der Waals surface area (Å²) in [4.78, 5) is 15.9. The molecule has 1 heterocycles. The summed E-state index contributed by atoms with van der Waals surface area (Å²) < 4.78 is 0. The first-order chi connectivity index (χ1) is 15.6. The number of hydrogen-bond acceptors (Lipinski definition) is 3. The number of nitrogens with one attached hydrogen (secondary N) is 2. The van der Waals surface area contributed by atoms with Crippen LogP contribution in [0.2, 0.25) is 0 Å². The molecule has 4 nitrogen and oxygen atoms in total. The number of carbonyl (C=O) groups excluding carboxylic acids is 1. The molecule has 0 spiro atoms. The predicted molar refractivity (Wildman–Crippen MR) is 132 cm³/mol. The molecule has 0 radical (unpaired) electrons. The Morgan fingerprint density at radius 3 is 2.34 bits per heavy atom. The van der Waals surface area contributed by atoms with E-state index in [9.17, 15) is 4.79 Å². The van der Waals surface area contributed by atoms with E-state index in [1.54, 1.807) is 0 Å². The first-order valence-corrected chi connectivity index (χ1v) is 11.6. The number of aryl methyl sites for hydroxylation is 2. The van der Waals surface area contributed by atoms with Crippen LogP contribution in [0.4, 0.5) is 5.69 Å². The van der Waals surface area contributed by atoms with Crippen molar-refractivity contribution in [2.75, 3.05) is 18.4 Å². The average molecular weight is 428 g/mol. The van der Waals surface area contributed by atoms with Gasteiger partial charge in [-0.15, -0.1) is 0 Å². The molecule has 3 aromatic carbocycles. The molecule has 0 saturated carbocycles. The molecule has 4 heteroatoms. The second kappa shape index (κ2) is 10.6. The maximum absolute atomic E-state index is 13.4. The van der Waals surface area contributed by atoms with Gasteiger partial charge in [0.2, 0.25) is 5.91 Å². The van der Waals surface area contributed by atoms with Crippen LogP contribution < -0.4 is 10.6 Å². The molecule has 1 aliphatic rings. The van der Waals surface area contributed by atoms with Crippen molar-refractivity contribution in [2.24, 2.45) is 0 Å². The summed E-state index contributed by atoms with van der Waals surface area (Å²) >= 11 is 0. The van der Waals surface area contributed by atoms with Crippen LogP contribution in [0.15, 0.2) is 72.8 Å². The zero-order valence-corrected chi connectivity index (χ0v) is 19.1. The number of rotatable bonds is 8. The smallest absolute Gasteiger partial charge is 0.246 e. The lowest BCUT2D eigenvalue weighted by Gasteiger charge is -2.22.